The monoisotopic (exact) mass is 312 g/mol. The summed E-state index contributed by atoms with van der Waals surface area (Å²) in [4.78, 5) is 12.5. The molecule has 0 aromatic heterocycles. The van der Waals surface area contributed by atoms with Crippen molar-refractivity contribution in [2.45, 2.75) is 6.42 Å². The van der Waals surface area contributed by atoms with Crippen LogP contribution in [0.5, 0.6) is 23.0 Å². The number of carbonyl (C=O) groups excluding carboxylic acids is 1. The fourth-order valence-electron chi connectivity index (χ4n) is 2.69. The van der Waals surface area contributed by atoms with E-state index in [0.717, 1.165) is 5.56 Å². The first kappa shape index (κ1) is 15.0. The van der Waals surface area contributed by atoms with Gasteiger partial charge in [-0.05, 0) is 41.5 Å². The zero-order valence-corrected chi connectivity index (χ0v) is 12.8. The molecular weight excluding hydrogens is 296 g/mol. The minimum absolute atomic E-state index is 0.0754. The zero-order valence-electron chi connectivity index (χ0n) is 12.8. The van der Waals surface area contributed by atoms with Crippen LogP contribution in [0.3, 0.4) is 0 Å². The second kappa shape index (κ2) is 5.68. The second-order valence-corrected chi connectivity index (χ2v) is 5.29. The average molecular weight is 312 g/mol. The van der Waals surface area contributed by atoms with Gasteiger partial charge in [-0.1, -0.05) is 6.07 Å². The van der Waals surface area contributed by atoms with E-state index in [-0.39, 0.29) is 17.3 Å². The summed E-state index contributed by atoms with van der Waals surface area (Å²) in [6.45, 7) is 0. The second-order valence-electron chi connectivity index (χ2n) is 5.29. The van der Waals surface area contributed by atoms with Crippen molar-refractivity contribution in [3.8, 4) is 23.0 Å². The maximum absolute atomic E-state index is 12.5. The number of allylic oxidation sites excluding steroid dienone is 1. The Balaban J connectivity index is 1.99. The van der Waals surface area contributed by atoms with E-state index in [2.05, 4.69) is 0 Å². The number of phenols is 2. The van der Waals surface area contributed by atoms with Crippen LogP contribution < -0.4 is 9.47 Å². The number of aromatic hydroxyl groups is 2. The van der Waals surface area contributed by atoms with E-state index in [4.69, 9.17) is 9.47 Å². The lowest BCUT2D eigenvalue weighted by Gasteiger charge is -2.08. The molecule has 1 aliphatic carbocycles. The molecule has 0 bridgehead atoms. The number of phenolic OH excluding ortho intramolecular Hbond substituents is 2. The van der Waals surface area contributed by atoms with Crippen molar-refractivity contribution < 1.29 is 24.5 Å². The third kappa shape index (κ3) is 2.61. The number of ketones is 1. The van der Waals surface area contributed by atoms with Crippen LogP contribution >= 0.6 is 0 Å². The molecule has 1 aliphatic rings. The zero-order chi connectivity index (χ0) is 16.6. The fraction of sp³-hybridized carbons (Fsp3) is 0.167. The quantitative estimate of drug-likeness (QED) is 0.673. The van der Waals surface area contributed by atoms with Gasteiger partial charge in [0.15, 0.2) is 28.8 Å². The van der Waals surface area contributed by atoms with Crippen molar-refractivity contribution in [3.63, 3.8) is 0 Å². The molecule has 0 amide bonds. The number of Topliss-reactive ketones (excluding diaryl/α,β-unsaturated/α-hetero) is 1. The van der Waals surface area contributed by atoms with Crippen molar-refractivity contribution in [2.75, 3.05) is 14.2 Å². The molecule has 23 heavy (non-hydrogen) atoms. The Bertz CT molecular complexity index is 820. The molecule has 0 saturated heterocycles. The number of hydrogen-bond donors (Lipinski definition) is 2. The highest BCUT2D eigenvalue weighted by atomic mass is 16.5. The van der Waals surface area contributed by atoms with E-state index in [1.54, 1.807) is 31.4 Å². The molecule has 0 radical (unpaired) electrons. The minimum atomic E-state index is -0.217. The standard InChI is InChI=1S/C18H16O5/c1-22-16-8-11-7-12(18(21)13(11)9-17(16)23-2)5-10-3-4-14(19)15(20)6-10/h3-6,8-9,19-20H,7H2,1-2H3/b12-5-. The number of hydrogen-bond acceptors (Lipinski definition) is 5. The molecule has 5 nitrogen and oxygen atoms in total. The molecule has 2 aromatic carbocycles. The molecule has 0 spiro atoms. The molecular formula is C18H16O5. The molecule has 2 N–H and O–H groups in total. The Hall–Kier alpha value is -2.95. The lowest BCUT2D eigenvalue weighted by atomic mass is 10.1. The molecule has 0 aliphatic heterocycles. The van der Waals surface area contributed by atoms with Crippen LogP contribution in [0.25, 0.3) is 6.08 Å². The van der Waals surface area contributed by atoms with Gasteiger partial charge >= 0.3 is 0 Å². The Morgan fingerprint density at radius 1 is 1.00 bits per heavy atom. The number of carbonyl (C=O) groups is 1. The number of ether oxygens (including phenoxy) is 2. The van der Waals surface area contributed by atoms with Gasteiger partial charge in [-0.3, -0.25) is 4.79 Å². The first-order valence-corrected chi connectivity index (χ1v) is 7.05. The summed E-state index contributed by atoms with van der Waals surface area (Å²) in [5, 5.41) is 18.9. The van der Waals surface area contributed by atoms with E-state index < -0.39 is 0 Å². The topological polar surface area (TPSA) is 76.0 Å². The van der Waals surface area contributed by atoms with Crippen molar-refractivity contribution in [2.24, 2.45) is 0 Å². The molecule has 3 rings (SSSR count). The smallest absolute Gasteiger partial charge is 0.189 e. The average Bonchev–Trinajstić information content (AvgIpc) is 2.85. The Morgan fingerprint density at radius 3 is 2.35 bits per heavy atom. The molecule has 118 valence electrons. The van der Waals surface area contributed by atoms with Gasteiger partial charge in [0.05, 0.1) is 14.2 Å². The van der Waals surface area contributed by atoms with Crippen LogP contribution in [0.4, 0.5) is 0 Å². The van der Waals surface area contributed by atoms with Gasteiger partial charge in [-0.25, -0.2) is 0 Å². The van der Waals surface area contributed by atoms with Gasteiger partial charge in [0.25, 0.3) is 0 Å². The summed E-state index contributed by atoms with van der Waals surface area (Å²) in [6.07, 6.45) is 2.19. The van der Waals surface area contributed by atoms with E-state index in [0.29, 0.717) is 34.6 Å². The third-order valence-corrected chi connectivity index (χ3v) is 3.87. The van der Waals surface area contributed by atoms with Crippen LogP contribution in [0.2, 0.25) is 0 Å². The lowest BCUT2D eigenvalue weighted by Crippen LogP contribution is -1.97. The van der Waals surface area contributed by atoms with E-state index in [1.807, 2.05) is 0 Å². The van der Waals surface area contributed by atoms with Gasteiger partial charge in [-0.2, -0.15) is 0 Å². The SMILES string of the molecule is COc1cc2c(cc1OC)C(=O)/C(=C\c1ccc(O)c(O)c1)C2. The molecule has 0 unspecified atom stereocenters. The highest BCUT2D eigenvalue weighted by Gasteiger charge is 2.27. The van der Waals surface area contributed by atoms with Crippen LogP contribution in [0, 0.1) is 0 Å². The van der Waals surface area contributed by atoms with Gasteiger partial charge in [0.1, 0.15) is 0 Å². The van der Waals surface area contributed by atoms with Crippen molar-refractivity contribution in [1.29, 1.82) is 0 Å². The highest BCUT2D eigenvalue weighted by molar-refractivity contribution is 6.16. The van der Waals surface area contributed by atoms with E-state index in [9.17, 15) is 15.0 Å². The molecule has 0 atom stereocenters. The normalized spacial score (nSPS) is 14.9. The summed E-state index contributed by atoms with van der Waals surface area (Å²) in [6, 6.07) is 7.94. The first-order valence-electron chi connectivity index (χ1n) is 7.05. The molecule has 0 heterocycles. The number of methoxy groups -OCH3 is 2. The summed E-state index contributed by atoms with van der Waals surface area (Å²) in [7, 11) is 3.08. The van der Waals surface area contributed by atoms with E-state index in [1.165, 1.54) is 19.2 Å². The van der Waals surface area contributed by atoms with E-state index >= 15 is 0 Å². The largest absolute Gasteiger partial charge is 0.504 e. The lowest BCUT2D eigenvalue weighted by molar-refractivity contribution is 0.104. The Kier molecular flexibility index (Phi) is 3.70. The fourth-order valence-corrected chi connectivity index (χ4v) is 2.69. The first-order chi connectivity index (χ1) is 11.0. The van der Waals surface area contributed by atoms with Gasteiger partial charge in [0, 0.05) is 17.6 Å². The summed E-state index contributed by atoms with van der Waals surface area (Å²) >= 11 is 0. The number of rotatable bonds is 3. The molecule has 5 heteroatoms. The molecule has 2 aromatic rings. The maximum Gasteiger partial charge on any atom is 0.189 e. The summed E-state index contributed by atoms with van der Waals surface area (Å²) < 4.78 is 10.5. The molecule has 0 saturated carbocycles. The predicted octanol–water partition coefficient (Wildman–Crippen LogP) is 2.94. The highest BCUT2D eigenvalue weighted by Crippen LogP contribution is 2.37. The van der Waals surface area contributed by atoms with Gasteiger partial charge in [0.2, 0.25) is 0 Å². The van der Waals surface area contributed by atoms with Crippen LogP contribution in [0.15, 0.2) is 35.9 Å². The Labute approximate surface area is 133 Å². The summed E-state index contributed by atoms with van der Waals surface area (Å²) in [5.41, 5.74) is 2.73. The van der Waals surface area contributed by atoms with Crippen molar-refractivity contribution in [3.05, 3.63) is 52.6 Å². The van der Waals surface area contributed by atoms with Gasteiger partial charge in [-0.15, -0.1) is 0 Å². The summed E-state index contributed by atoms with van der Waals surface area (Å²) in [5.74, 6) is 0.618. The predicted molar refractivity (Wildman–Crippen MR) is 85.3 cm³/mol. The number of benzene rings is 2. The molecule has 0 fully saturated rings. The van der Waals surface area contributed by atoms with Crippen LogP contribution in [-0.4, -0.2) is 30.2 Å². The minimum Gasteiger partial charge on any atom is -0.504 e. The van der Waals surface area contributed by atoms with Crippen LogP contribution in [0.1, 0.15) is 21.5 Å². The van der Waals surface area contributed by atoms with Crippen LogP contribution in [-0.2, 0) is 6.42 Å². The van der Waals surface area contributed by atoms with Crippen molar-refractivity contribution in [1.82, 2.24) is 0 Å². The van der Waals surface area contributed by atoms with Crippen molar-refractivity contribution >= 4 is 11.9 Å². The van der Waals surface area contributed by atoms with Gasteiger partial charge < -0.3 is 19.7 Å². The maximum atomic E-state index is 12.5. The third-order valence-electron chi connectivity index (χ3n) is 3.87. The number of fused-ring (bicyclic) bond motifs is 1. The Morgan fingerprint density at radius 2 is 1.70 bits per heavy atom.